The molecule has 0 aliphatic rings. The zero-order chi connectivity index (χ0) is 24.9. The summed E-state index contributed by atoms with van der Waals surface area (Å²) in [6.45, 7) is 7.38. The Bertz CT molecular complexity index is 1320. The van der Waals surface area contributed by atoms with E-state index in [0.29, 0.717) is 41.5 Å². The van der Waals surface area contributed by atoms with Gasteiger partial charge < -0.3 is 14.0 Å². The number of fused-ring (bicyclic) bond motifs is 1. The molecule has 0 unspecified atom stereocenters. The zero-order valence-corrected chi connectivity index (χ0v) is 21.8. The Labute approximate surface area is 204 Å². The predicted molar refractivity (Wildman–Crippen MR) is 134 cm³/mol. The van der Waals surface area contributed by atoms with Gasteiger partial charge in [0.25, 0.3) is 5.91 Å². The van der Waals surface area contributed by atoms with Crippen LogP contribution in [0.4, 0.5) is 0 Å². The molecule has 0 atom stereocenters. The van der Waals surface area contributed by atoms with Gasteiger partial charge in [0.1, 0.15) is 17.0 Å². The van der Waals surface area contributed by atoms with Crippen molar-refractivity contribution in [1.82, 2.24) is 8.87 Å². The van der Waals surface area contributed by atoms with E-state index >= 15 is 0 Å². The molecule has 0 bridgehead atoms. The normalized spacial score (nSPS) is 12.5. The van der Waals surface area contributed by atoms with Crippen LogP contribution in [-0.4, -0.2) is 50.5 Å². The molecular weight excluding hydrogens is 474 g/mol. The first-order valence-corrected chi connectivity index (χ1v) is 13.5. The molecule has 10 heteroatoms. The van der Waals surface area contributed by atoms with Gasteiger partial charge in [-0.1, -0.05) is 25.2 Å². The highest BCUT2D eigenvalue weighted by Crippen LogP contribution is 2.32. The Balaban J connectivity index is 1.99. The van der Waals surface area contributed by atoms with E-state index in [1.165, 1.54) is 39.9 Å². The molecule has 0 saturated carbocycles. The van der Waals surface area contributed by atoms with Crippen molar-refractivity contribution in [1.29, 1.82) is 0 Å². The molecule has 0 aliphatic heterocycles. The molecule has 3 aromatic rings. The van der Waals surface area contributed by atoms with E-state index in [9.17, 15) is 13.2 Å². The summed E-state index contributed by atoms with van der Waals surface area (Å²) in [5, 5.41) is 0. The Morgan fingerprint density at radius 2 is 1.68 bits per heavy atom. The van der Waals surface area contributed by atoms with Gasteiger partial charge in [0.15, 0.2) is 4.80 Å². The molecular formula is C24H31N3O5S2. The van der Waals surface area contributed by atoms with Crippen molar-refractivity contribution in [2.45, 2.75) is 45.1 Å². The number of hydrogen-bond donors (Lipinski definition) is 0. The Hall–Kier alpha value is -2.69. The molecule has 0 spiro atoms. The third-order valence-electron chi connectivity index (χ3n) is 5.37. The first-order chi connectivity index (χ1) is 16.3. The summed E-state index contributed by atoms with van der Waals surface area (Å²) in [7, 11) is -0.429. The van der Waals surface area contributed by atoms with Crippen LogP contribution in [-0.2, 0) is 16.6 Å². The number of amides is 1. The molecule has 34 heavy (non-hydrogen) atoms. The van der Waals surface area contributed by atoms with Crippen molar-refractivity contribution >= 4 is 37.5 Å². The number of methoxy groups -OCH3 is 2. The molecule has 0 radical (unpaired) electrons. The van der Waals surface area contributed by atoms with E-state index < -0.39 is 15.9 Å². The molecule has 0 fully saturated rings. The second-order valence-corrected chi connectivity index (χ2v) is 10.6. The lowest BCUT2D eigenvalue weighted by molar-refractivity contribution is 0.0997. The van der Waals surface area contributed by atoms with Crippen molar-refractivity contribution in [3.8, 4) is 11.5 Å². The highest BCUT2D eigenvalue weighted by Gasteiger charge is 2.23. The maximum Gasteiger partial charge on any atom is 0.279 e. The minimum absolute atomic E-state index is 0.174. The van der Waals surface area contributed by atoms with E-state index in [2.05, 4.69) is 4.99 Å². The highest BCUT2D eigenvalue weighted by atomic mass is 32.2. The van der Waals surface area contributed by atoms with Crippen molar-refractivity contribution in [2.24, 2.45) is 4.99 Å². The largest absolute Gasteiger partial charge is 0.497 e. The maximum absolute atomic E-state index is 13.0. The molecule has 8 nitrogen and oxygen atoms in total. The molecule has 1 aromatic heterocycles. The van der Waals surface area contributed by atoms with Gasteiger partial charge in [-0.3, -0.25) is 4.79 Å². The number of rotatable bonds is 10. The minimum Gasteiger partial charge on any atom is -0.497 e. The van der Waals surface area contributed by atoms with Crippen molar-refractivity contribution in [3.05, 3.63) is 46.8 Å². The van der Waals surface area contributed by atoms with Gasteiger partial charge in [-0.15, -0.1) is 0 Å². The van der Waals surface area contributed by atoms with Gasteiger partial charge in [-0.25, -0.2) is 8.42 Å². The molecule has 2 aromatic carbocycles. The predicted octanol–water partition coefficient (Wildman–Crippen LogP) is 4.29. The van der Waals surface area contributed by atoms with Gasteiger partial charge in [-0.2, -0.15) is 9.30 Å². The molecule has 184 valence electrons. The fourth-order valence-corrected chi connectivity index (χ4v) is 6.48. The Morgan fingerprint density at radius 3 is 2.21 bits per heavy atom. The van der Waals surface area contributed by atoms with Crippen molar-refractivity contribution in [3.63, 3.8) is 0 Å². The second-order valence-electron chi connectivity index (χ2n) is 7.65. The number of nitrogens with zero attached hydrogens (tertiary/aromatic N) is 3. The fourth-order valence-electron chi connectivity index (χ4n) is 3.72. The van der Waals surface area contributed by atoms with Crippen LogP contribution in [0.25, 0.3) is 10.2 Å². The van der Waals surface area contributed by atoms with Gasteiger partial charge in [0.2, 0.25) is 10.0 Å². The summed E-state index contributed by atoms with van der Waals surface area (Å²) >= 11 is 1.37. The number of benzene rings is 2. The van der Waals surface area contributed by atoms with Gasteiger partial charge >= 0.3 is 0 Å². The summed E-state index contributed by atoms with van der Waals surface area (Å²) in [6, 6.07) is 9.67. The van der Waals surface area contributed by atoms with Crippen LogP contribution in [0.15, 0.2) is 46.3 Å². The lowest BCUT2D eigenvalue weighted by atomic mass is 10.2. The average molecular weight is 506 g/mol. The molecule has 0 saturated heterocycles. The molecule has 1 heterocycles. The fraction of sp³-hybridized carbons (Fsp3) is 0.417. The van der Waals surface area contributed by atoms with Crippen LogP contribution in [0, 0.1) is 0 Å². The third-order valence-corrected chi connectivity index (χ3v) is 8.31. The first kappa shape index (κ1) is 25.9. The number of hydrogen-bond acceptors (Lipinski definition) is 6. The van der Waals surface area contributed by atoms with Gasteiger partial charge in [0.05, 0.1) is 23.8 Å². The third kappa shape index (κ3) is 5.18. The van der Waals surface area contributed by atoms with E-state index in [-0.39, 0.29) is 4.90 Å². The summed E-state index contributed by atoms with van der Waals surface area (Å²) in [4.78, 5) is 18.0. The summed E-state index contributed by atoms with van der Waals surface area (Å²) < 4.78 is 41.1. The summed E-state index contributed by atoms with van der Waals surface area (Å²) in [6.07, 6.45) is 1.47. The number of ether oxygens (including phenoxy) is 2. The number of sulfonamides is 1. The van der Waals surface area contributed by atoms with Gasteiger partial charge in [0, 0.05) is 31.3 Å². The van der Waals surface area contributed by atoms with Crippen LogP contribution < -0.4 is 14.3 Å². The second kappa shape index (κ2) is 11.2. The van der Waals surface area contributed by atoms with Crippen LogP contribution in [0.5, 0.6) is 11.5 Å². The molecule has 1 amide bonds. The number of thiazole rings is 1. The van der Waals surface area contributed by atoms with Crippen LogP contribution >= 0.6 is 11.3 Å². The smallest absolute Gasteiger partial charge is 0.279 e. The van der Waals surface area contributed by atoms with E-state index in [0.717, 1.165) is 23.1 Å². The monoisotopic (exact) mass is 505 g/mol. The van der Waals surface area contributed by atoms with E-state index in [4.69, 9.17) is 9.47 Å². The first-order valence-electron chi connectivity index (χ1n) is 11.2. The van der Waals surface area contributed by atoms with Crippen molar-refractivity contribution in [2.75, 3.05) is 27.3 Å². The van der Waals surface area contributed by atoms with Crippen molar-refractivity contribution < 1.29 is 22.7 Å². The number of carbonyl (C=O) groups is 1. The Kier molecular flexibility index (Phi) is 8.51. The van der Waals surface area contributed by atoms with Crippen LogP contribution in [0.1, 0.15) is 44.0 Å². The SMILES string of the molecule is CCCN(CCC)S(=O)(=O)c1ccc(C(=O)N=c2sc3cc(OC)cc(OC)c3n2CC)cc1. The average Bonchev–Trinajstić information content (AvgIpc) is 3.19. The summed E-state index contributed by atoms with van der Waals surface area (Å²) in [5.41, 5.74) is 1.16. The minimum atomic E-state index is -3.61. The number of carbonyl (C=O) groups excluding carboxylic acids is 1. The van der Waals surface area contributed by atoms with E-state index in [1.54, 1.807) is 20.3 Å². The van der Waals surface area contributed by atoms with Gasteiger partial charge in [-0.05, 0) is 50.1 Å². The topological polar surface area (TPSA) is 90.2 Å². The number of aryl methyl sites for hydroxylation is 1. The lowest BCUT2D eigenvalue weighted by Crippen LogP contribution is -2.32. The maximum atomic E-state index is 13.0. The molecule has 0 N–H and O–H groups in total. The van der Waals surface area contributed by atoms with Crippen LogP contribution in [0.2, 0.25) is 0 Å². The summed E-state index contributed by atoms with van der Waals surface area (Å²) in [5.74, 6) is 0.853. The Morgan fingerprint density at radius 1 is 1.03 bits per heavy atom. The van der Waals surface area contributed by atoms with Crippen LogP contribution in [0.3, 0.4) is 0 Å². The number of aromatic nitrogens is 1. The highest BCUT2D eigenvalue weighted by molar-refractivity contribution is 7.89. The quantitative estimate of drug-likeness (QED) is 0.410. The lowest BCUT2D eigenvalue weighted by Gasteiger charge is -2.21. The standard InChI is InChI=1S/C24H31N3O5S2/c1-6-13-26(14-7-2)34(29,30)19-11-9-17(10-12-19)23(28)25-24-27(8-3)22-20(32-5)15-18(31-4)16-21(22)33-24/h9-12,15-16H,6-8,13-14H2,1-5H3. The molecule has 0 aliphatic carbocycles. The zero-order valence-electron chi connectivity index (χ0n) is 20.2. The molecule has 3 rings (SSSR count). The van der Waals surface area contributed by atoms with E-state index in [1.807, 2.05) is 31.4 Å².